The summed E-state index contributed by atoms with van der Waals surface area (Å²) in [5.41, 5.74) is 4.85. The molecule has 0 saturated heterocycles. The van der Waals surface area contributed by atoms with Gasteiger partial charge in [-0.3, -0.25) is 0 Å². The zero-order valence-electron chi connectivity index (χ0n) is 5.44. The predicted molar refractivity (Wildman–Crippen MR) is 35.0 cm³/mol. The van der Waals surface area contributed by atoms with Crippen molar-refractivity contribution in [1.82, 2.24) is 0 Å². The van der Waals surface area contributed by atoms with Gasteiger partial charge in [-0.2, -0.15) is 0 Å². The standard InChI is InChI=1S/C3H7N.C3H8/c1-2-3-4;1-3-2/h2-3H,4H2,1H3;3H2,1-2H3. The van der Waals surface area contributed by atoms with Crippen LogP contribution in [-0.4, -0.2) is 0 Å². The van der Waals surface area contributed by atoms with E-state index in [1.807, 2.05) is 6.92 Å². The van der Waals surface area contributed by atoms with Gasteiger partial charge >= 0.3 is 0 Å². The van der Waals surface area contributed by atoms with Crippen LogP contribution in [0.5, 0.6) is 0 Å². The number of allylic oxidation sites excluding steroid dienone is 1. The zero-order valence-corrected chi connectivity index (χ0v) is 5.44. The third-order valence-corrected chi connectivity index (χ3v) is 0.192. The largest absolute Gasteiger partial charge is 0.405 e. The lowest BCUT2D eigenvalue weighted by molar-refractivity contribution is 1.09. The molecular weight excluding hydrogens is 86.1 g/mol. The fourth-order valence-electron chi connectivity index (χ4n) is 0. The Morgan fingerprint density at radius 1 is 1.43 bits per heavy atom. The summed E-state index contributed by atoms with van der Waals surface area (Å²) in [5.74, 6) is 0. The summed E-state index contributed by atoms with van der Waals surface area (Å²) in [6.07, 6.45) is 4.53. The van der Waals surface area contributed by atoms with Crippen LogP contribution < -0.4 is 5.73 Å². The molecule has 0 amide bonds. The van der Waals surface area contributed by atoms with Crippen molar-refractivity contribution < 1.29 is 0 Å². The average Bonchev–Trinajstić information content (AvgIpc) is 1.69. The molecule has 0 saturated carbocycles. The molecule has 7 heavy (non-hydrogen) atoms. The van der Waals surface area contributed by atoms with Crippen LogP contribution in [-0.2, 0) is 0 Å². The number of rotatable bonds is 0. The van der Waals surface area contributed by atoms with E-state index < -0.39 is 0 Å². The van der Waals surface area contributed by atoms with E-state index in [0.717, 1.165) is 0 Å². The Labute approximate surface area is 46.2 Å². The van der Waals surface area contributed by atoms with Crippen LogP contribution >= 0.6 is 0 Å². The molecule has 0 aliphatic carbocycles. The number of hydrogen-bond acceptors (Lipinski definition) is 1. The molecule has 0 aliphatic heterocycles. The van der Waals surface area contributed by atoms with Crippen molar-refractivity contribution in [3.8, 4) is 0 Å². The molecule has 0 rings (SSSR count). The molecule has 1 heteroatoms. The van der Waals surface area contributed by atoms with E-state index in [1.54, 1.807) is 6.08 Å². The van der Waals surface area contributed by atoms with Gasteiger partial charge in [-0.25, -0.2) is 0 Å². The van der Waals surface area contributed by atoms with Crippen LogP contribution in [0.15, 0.2) is 12.3 Å². The van der Waals surface area contributed by atoms with Crippen LogP contribution in [0.4, 0.5) is 0 Å². The molecule has 0 fully saturated rings. The third-order valence-electron chi connectivity index (χ3n) is 0.192. The molecule has 0 unspecified atom stereocenters. The van der Waals surface area contributed by atoms with Crippen LogP contribution in [0.3, 0.4) is 0 Å². The minimum Gasteiger partial charge on any atom is -0.405 e. The van der Waals surface area contributed by atoms with E-state index in [0.29, 0.717) is 0 Å². The third kappa shape index (κ3) is 238. The van der Waals surface area contributed by atoms with Crippen LogP contribution in [0.2, 0.25) is 0 Å². The van der Waals surface area contributed by atoms with Gasteiger partial charge in [0.05, 0.1) is 0 Å². The topological polar surface area (TPSA) is 26.0 Å². The van der Waals surface area contributed by atoms with Gasteiger partial charge in [0, 0.05) is 0 Å². The van der Waals surface area contributed by atoms with Crippen molar-refractivity contribution >= 4 is 0 Å². The Morgan fingerprint density at radius 3 is 1.57 bits per heavy atom. The van der Waals surface area contributed by atoms with E-state index in [2.05, 4.69) is 13.8 Å². The number of hydrogen-bond donors (Lipinski definition) is 1. The maximum absolute atomic E-state index is 4.85. The molecule has 2 N–H and O–H groups in total. The predicted octanol–water partition coefficient (Wildman–Crippen LogP) is 1.90. The molecule has 0 aromatic heterocycles. The lowest BCUT2D eigenvalue weighted by Crippen LogP contribution is -1.70. The zero-order chi connectivity index (χ0) is 6.12. The summed E-state index contributed by atoms with van der Waals surface area (Å²) in [6, 6.07) is 0. The highest BCUT2D eigenvalue weighted by Crippen LogP contribution is 1.56. The Bertz CT molecular complexity index is 27.2. The van der Waals surface area contributed by atoms with Crippen molar-refractivity contribution in [2.45, 2.75) is 27.2 Å². The summed E-state index contributed by atoms with van der Waals surface area (Å²) < 4.78 is 0. The maximum Gasteiger partial charge on any atom is -0.0106 e. The Hall–Kier alpha value is -0.460. The summed E-state index contributed by atoms with van der Waals surface area (Å²) in [5, 5.41) is 0. The second kappa shape index (κ2) is 17.7. The van der Waals surface area contributed by atoms with Gasteiger partial charge < -0.3 is 5.73 Å². The van der Waals surface area contributed by atoms with Crippen molar-refractivity contribution in [2.24, 2.45) is 5.73 Å². The first kappa shape index (κ1) is 9.74. The minimum absolute atomic E-state index is 1.25. The van der Waals surface area contributed by atoms with Gasteiger partial charge in [-0.05, 0) is 13.1 Å². The molecule has 0 aliphatic rings. The first-order valence-corrected chi connectivity index (χ1v) is 2.66. The monoisotopic (exact) mass is 101 g/mol. The molecule has 0 atom stereocenters. The highest BCUT2D eigenvalue weighted by atomic mass is 14.5. The second-order valence-corrected chi connectivity index (χ2v) is 1.23. The Morgan fingerprint density at radius 2 is 1.57 bits per heavy atom. The van der Waals surface area contributed by atoms with Gasteiger partial charge in [-0.15, -0.1) is 0 Å². The molecule has 0 spiro atoms. The van der Waals surface area contributed by atoms with E-state index in [9.17, 15) is 0 Å². The quantitative estimate of drug-likeness (QED) is 0.495. The summed E-state index contributed by atoms with van der Waals surface area (Å²) in [6.45, 7) is 6.12. The van der Waals surface area contributed by atoms with Crippen LogP contribution in [0, 0.1) is 0 Å². The molecule has 0 heterocycles. The SMILES string of the molecule is CC=CN.CCC. The number of nitrogens with two attached hydrogens (primary N) is 1. The molecule has 44 valence electrons. The maximum atomic E-state index is 4.85. The van der Waals surface area contributed by atoms with Crippen LogP contribution in [0.1, 0.15) is 27.2 Å². The van der Waals surface area contributed by atoms with Gasteiger partial charge in [-0.1, -0.05) is 26.3 Å². The summed E-state index contributed by atoms with van der Waals surface area (Å²) in [7, 11) is 0. The molecule has 0 radical (unpaired) electrons. The average molecular weight is 101 g/mol. The highest BCUT2D eigenvalue weighted by molar-refractivity contribution is 4.66. The van der Waals surface area contributed by atoms with E-state index in [4.69, 9.17) is 5.73 Å². The van der Waals surface area contributed by atoms with Gasteiger partial charge in [0.2, 0.25) is 0 Å². The first-order valence-electron chi connectivity index (χ1n) is 2.66. The molecule has 0 aromatic carbocycles. The van der Waals surface area contributed by atoms with E-state index >= 15 is 0 Å². The van der Waals surface area contributed by atoms with Crippen molar-refractivity contribution in [3.63, 3.8) is 0 Å². The minimum atomic E-state index is 1.25. The van der Waals surface area contributed by atoms with E-state index in [1.165, 1.54) is 12.6 Å². The molecule has 1 nitrogen and oxygen atoms in total. The Kier molecular flexibility index (Phi) is 24.6. The van der Waals surface area contributed by atoms with Crippen molar-refractivity contribution in [2.75, 3.05) is 0 Å². The van der Waals surface area contributed by atoms with Gasteiger partial charge in [0.25, 0.3) is 0 Å². The fraction of sp³-hybridized carbons (Fsp3) is 0.667. The van der Waals surface area contributed by atoms with Gasteiger partial charge in [0.1, 0.15) is 0 Å². The van der Waals surface area contributed by atoms with Crippen LogP contribution in [0.25, 0.3) is 0 Å². The van der Waals surface area contributed by atoms with E-state index in [-0.39, 0.29) is 0 Å². The summed E-state index contributed by atoms with van der Waals surface area (Å²) >= 11 is 0. The first-order chi connectivity index (χ1) is 3.33. The Balaban J connectivity index is 0. The van der Waals surface area contributed by atoms with Crippen molar-refractivity contribution in [3.05, 3.63) is 12.3 Å². The second-order valence-electron chi connectivity index (χ2n) is 1.23. The smallest absolute Gasteiger partial charge is 0.0106 e. The highest BCUT2D eigenvalue weighted by Gasteiger charge is 1.35. The molecule has 0 bridgehead atoms. The van der Waals surface area contributed by atoms with Gasteiger partial charge in [0.15, 0.2) is 0 Å². The molecular formula is C6H15N. The molecule has 0 aromatic rings. The van der Waals surface area contributed by atoms with Crippen molar-refractivity contribution in [1.29, 1.82) is 0 Å². The summed E-state index contributed by atoms with van der Waals surface area (Å²) in [4.78, 5) is 0. The lowest BCUT2D eigenvalue weighted by atomic mass is 10.6. The fourth-order valence-corrected chi connectivity index (χ4v) is 0. The lowest BCUT2D eigenvalue weighted by Gasteiger charge is -1.53. The normalized spacial score (nSPS) is 7.86.